The number of hydrogen-bond acceptors (Lipinski definition) is 7. The average Bonchev–Trinajstić information content (AvgIpc) is 3.00. The SMILES string of the molecule is COc1ccc(CCC[C@H](CC(=O)NO)C(=O)N[C@@H](CC2CCCCC2)C(=O)NCCc2ccc(S(N)(=O)=O)cc2)cc1. The second-order valence-corrected chi connectivity index (χ2v) is 12.8. The highest BCUT2D eigenvalue weighted by molar-refractivity contribution is 7.89. The first kappa shape index (κ1) is 34.0. The molecular formula is C31H44N4O7S. The van der Waals surface area contributed by atoms with Crippen LogP contribution in [0.4, 0.5) is 0 Å². The Bertz CT molecular complexity index is 1290. The van der Waals surface area contributed by atoms with E-state index in [1.165, 1.54) is 12.1 Å². The van der Waals surface area contributed by atoms with Crippen molar-refractivity contribution in [3.8, 4) is 5.75 Å². The molecule has 1 saturated carbocycles. The van der Waals surface area contributed by atoms with Crippen LogP contribution in [0, 0.1) is 11.8 Å². The van der Waals surface area contributed by atoms with Crippen molar-refractivity contribution in [2.24, 2.45) is 17.0 Å². The lowest BCUT2D eigenvalue weighted by Gasteiger charge is -2.28. The molecule has 1 aliphatic carbocycles. The van der Waals surface area contributed by atoms with Crippen molar-refractivity contribution in [1.29, 1.82) is 0 Å². The molecule has 0 bridgehead atoms. The Labute approximate surface area is 254 Å². The largest absolute Gasteiger partial charge is 0.497 e. The van der Waals surface area contributed by atoms with Crippen LogP contribution in [0.25, 0.3) is 0 Å². The van der Waals surface area contributed by atoms with Gasteiger partial charge in [0.1, 0.15) is 11.8 Å². The minimum absolute atomic E-state index is 0.0176. The third-order valence-electron chi connectivity index (χ3n) is 8.00. The van der Waals surface area contributed by atoms with Crippen LogP contribution < -0.4 is 26.0 Å². The fraction of sp³-hybridized carbons (Fsp3) is 0.516. The fourth-order valence-electron chi connectivity index (χ4n) is 5.52. The highest BCUT2D eigenvalue weighted by Crippen LogP contribution is 2.28. The number of hydrogen-bond donors (Lipinski definition) is 5. The minimum Gasteiger partial charge on any atom is -0.497 e. The van der Waals surface area contributed by atoms with E-state index < -0.39 is 33.8 Å². The highest BCUT2D eigenvalue weighted by atomic mass is 32.2. The first-order valence-corrected chi connectivity index (χ1v) is 16.4. The van der Waals surface area contributed by atoms with Crippen molar-refractivity contribution in [3.63, 3.8) is 0 Å². The summed E-state index contributed by atoms with van der Waals surface area (Å²) < 4.78 is 28.2. The molecule has 2 atom stereocenters. The van der Waals surface area contributed by atoms with Crippen LogP contribution in [0.1, 0.15) is 68.9 Å². The summed E-state index contributed by atoms with van der Waals surface area (Å²) in [5, 5.41) is 20.1. The maximum atomic E-state index is 13.5. The van der Waals surface area contributed by atoms with E-state index in [1.807, 2.05) is 24.3 Å². The molecule has 0 aliphatic heterocycles. The number of sulfonamides is 1. The van der Waals surface area contributed by atoms with Gasteiger partial charge in [-0.1, -0.05) is 56.4 Å². The summed E-state index contributed by atoms with van der Waals surface area (Å²) in [5.41, 5.74) is 3.51. The predicted octanol–water partition coefficient (Wildman–Crippen LogP) is 2.99. The van der Waals surface area contributed by atoms with Crippen molar-refractivity contribution in [1.82, 2.24) is 16.1 Å². The number of primary sulfonamides is 1. The van der Waals surface area contributed by atoms with Crippen LogP contribution in [0.15, 0.2) is 53.4 Å². The molecular weight excluding hydrogens is 572 g/mol. The van der Waals surface area contributed by atoms with E-state index in [9.17, 15) is 22.8 Å². The zero-order chi connectivity index (χ0) is 31.2. The zero-order valence-electron chi connectivity index (χ0n) is 24.7. The third kappa shape index (κ3) is 11.6. The van der Waals surface area contributed by atoms with Gasteiger partial charge in [0.2, 0.25) is 27.7 Å². The van der Waals surface area contributed by atoms with Gasteiger partial charge >= 0.3 is 0 Å². The Kier molecular flexibility index (Phi) is 13.4. The second-order valence-electron chi connectivity index (χ2n) is 11.2. The van der Waals surface area contributed by atoms with Crippen molar-refractivity contribution < 1.29 is 32.7 Å². The standard InChI is InChI=1S/C31H44N4O7S/c1-42-26-14-10-22(11-15-26)8-5-9-25(21-29(36)35-39)30(37)34-28(20-24-6-3-2-4-7-24)31(38)33-19-18-23-12-16-27(17-13-23)43(32,40)41/h10-17,24-25,28,39H,2-9,18-21H2,1H3,(H,33,38)(H,34,37)(H,35,36)(H2,32,40,41)/t25-,28+/m1/s1. The molecule has 0 radical (unpaired) electrons. The smallest absolute Gasteiger partial charge is 0.244 e. The minimum atomic E-state index is -3.78. The molecule has 0 saturated heterocycles. The lowest BCUT2D eigenvalue weighted by Crippen LogP contribution is -2.50. The number of methoxy groups -OCH3 is 1. The number of nitrogens with two attached hydrogens (primary N) is 1. The Morgan fingerprint density at radius 3 is 2.19 bits per heavy atom. The van der Waals surface area contributed by atoms with Gasteiger partial charge in [-0.3, -0.25) is 19.6 Å². The number of ether oxygens (including phenoxy) is 1. The topological polar surface area (TPSA) is 177 Å². The van der Waals surface area contributed by atoms with E-state index in [-0.39, 0.29) is 17.2 Å². The number of aryl methyl sites for hydroxylation is 1. The van der Waals surface area contributed by atoms with Gasteiger partial charge in [0.15, 0.2) is 0 Å². The van der Waals surface area contributed by atoms with Gasteiger partial charge in [-0.25, -0.2) is 19.0 Å². The molecule has 12 heteroatoms. The van der Waals surface area contributed by atoms with Crippen LogP contribution in [0.3, 0.4) is 0 Å². The van der Waals surface area contributed by atoms with Crippen LogP contribution in [0.5, 0.6) is 5.75 Å². The quantitative estimate of drug-likeness (QED) is 0.142. The number of benzene rings is 2. The van der Waals surface area contributed by atoms with E-state index in [0.717, 1.165) is 49.0 Å². The molecule has 2 aromatic rings. The van der Waals surface area contributed by atoms with E-state index in [0.29, 0.717) is 44.6 Å². The fourth-order valence-corrected chi connectivity index (χ4v) is 6.03. The Morgan fingerprint density at radius 2 is 1.58 bits per heavy atom. The number of hydroxylamine groups is 1. The van der Waals surface area contributed by atoms with Gasteiger partial charge in [-0.15, -0.1) is 0 Å². The Morgan fingerprint density at radius 1 is 0.953 bits per heavy atom. The molecule has 0 aromatic heterocycles. The first-order valence-electron chi connectivity index (χ1n) is 14.8. The molecule has 3 amide bonds. The molecule has 0 unspecified atom stereocenters. The predicted molar refractivity (Wildman–Crippen MR) is 162 cm³/mol. The molecule has 1 aliphatic rings. The second kappa shape index (κ2) is 17.0. The number of nitrogens with one attached hydrogen (secondary N) is 3. The number of carbonyl (C=O) groups is 3. The lowest BCUT2D eigenvalue weighted by molar-refractivity contribution is -0.136. The molecule has 2 aromatic carbocycles. The van der Waals surface area contributed by atoms with Gasteiger partial charge in [-0.05, 0) is 73.4 Å². The monoisotopic (exact) mass is 616 g/mol. The molecule has 1 fully saturated rings. The van der Waals surface area contributed by atoms with Gasteiger partial charge in [0.05, 0.1) is 12.0 Å². The molecule has 0 heterocycles. The average molecular weight is 617 g/mol. The third-order valence-corrected chi connectivity index (χ3v) is 8.93. The maximum Gasteiger partial charge on any atom is 0.244 e. The molecule has 6 N–H and O–H groups in total. The van der Waals surface area contributed by atoms with E-state index in [4.69, 9.17) is 15.1 Å². The van der Waals surface area contributed by atoms with E-state index >= 15 is 0 Å². The molecule has 236 valence electrons. The van der Waals surface area contributed by atoms with Crippen molar-refractivity contribution in [2.75, 3.05) is 13.7 Å². The van der Waals surface area contributed by atoms with Crippen molar-refractivity contribution in [2.45, 2.75) is 81.6 Å². The summed E-state index contributed by atoms with van der Waals surface area (Å²) in [6.45, 7) is 0.294. The Hall–Kier alpha value is -3.48. The number of rotatable bonds is 16. The summed E-state index contributed by atoms with van der Waals surface area (Å²) in [7, 11) is -2.18. The van der Waals surface area contributed by atoms with E-state index in [2.05, 4.69) is 10.6 Å². The van der Waals surface area contributed by atoms with Crippen molar-refractivity contribution >= 4 is 27.7 Å². The van der Waals surface area contributed by atoms with Gasteiger partial charge in [0, 0.05) is 18.9 Å². The number of amides is 3. The van der Waals surface area contributed by atoms with Crippen LogP contribution in [-0.2, 0) is 37.2 Å². The summed E-state index contributed by atoms with van der Waals surface area (Å²) >= 11 is 0. The van der Waals surface area contributed by atoms with Crippen LogP contribution in [-0.4, -0.2) is 51.0 Å². The summed E-state index contributed by atoms with van der Waals surface area (Å²) in [6.07, 6.45) is 7.83. The molecule has 43 heavy (non-hydrogen) atoms. The highest BCUT2D eigenvalue weighted by Gasteiger charge is 2.29. The van der Waals surface area contributed by atoms with Crippen molar-refractivity contribution in [3.05, 3.63) is 59.7 Å². The maximum absolute atomic E-state index is 13.5. The number of carbonyl (C=O) groups excluding carboxylic acids is 3. The first-order chi connectivity index (χ1) is 20.6. The van der Waals surface area contributed by atoms with E-state index in [1.54, 1.807) is 24.7 Å². The Balaban J connectivity index is 1.62. The molecule has 0 spiro atoms. The molecule has 3 rings (SSSR count). The van der Waals surface area contributed by atoms with Gasteiger partial charge in [-0.2, -0.15) is 0 Å². The summed E-state index contributed by atoms with van der Waals surface area (Å²) in [6, 6.07) is 13.0. The lowest BCUT2D eigenvalue weighted by atomic mass is 9.84. The van der Waals surface area contributed by atoms with Crippen LogP contribution in [0.2, 0.25) is 0 Å². The van der Waals surface area contributed by atoms with Crippen LogP contribution >= 0.6 is 0 Å². The zero-order valence-corrected chi connectivity index (χ0v) is 25.5. The normalized spacial score (nSPS) is 15.2. The molecule has 11 nitrogen and oxygen atoms in total. The van der Waals surface area contributed by atoms with Gasteiger partial charge in [0.25, 0.3) is 0 Å². The summed E-state index contributed by atoms with van der Waals surface area (Å²) in [5.74, 6) is -1.01. The van der Waals surface area contributed by atoms with Gasteiger partial charge < -0.3 is 15.4 Å². The summed E-state index contributed by atoms with van der Waals surface area (Å²) in [4.78, 5) is 38.8.